The van der Waals surface area contributed by atoms with E-state index in [0.29, 0.717) is 18.0 Å². The maximum absolute atomic E-state index is 13.3. The Morgan fingerprint density at radius 1 is 1.04 bits per heavy atom. The Labute approximate surface area is 172 Å². The van der Waals surface area contributed by atoms with Crippen molar-refractivity contribution in [1.29, 1.82) is 0 Å². The van der Waals surface area contributed by atoms with Crippen LogP contribution in [-0.2, 0) is 17.8 Å². The van der Waals surface area contributed by atoms with Crippen molar-refractivity contribution in [3.05, 3.63) is 59.4 Å². The summed E-state index contributed by atoms with van der Waals surface area (Å²) in [5.41, 5.74) is 1.85. The van der Waals surface area contributed by atoms with Gasteiger partial charge in [-0.05, 0) is 48.9 Å². The fourth-order valence-electron chi connectivity index (χ4n) is 2.55. The number of hydrogen-bond donors (Lipinski definition) is 0. The van der Waals surface area contributed by atoms with Crippen molar-refractivity contribution in [2.45, 2.75) is 13.0 Å². The lowest BCUT2D eigenvalue weighted by atomic mass is 10.1. The minimum Gasteiger partial charge on any atom is -0.493 e. The first-order valence-corrected chi connectivity index (χ1v) is 8.82. The van der Waals surface area contributed by atoms with Gasteiger partial charge in [0.25, 0.3) is 0 Å². The first kappa shape index (κ1) is 23.7. The molecule has 0 atom stereocenters. The molecule has 5 nitrogen and oxygen atoms in total. The van der Waals surface area contributed by atoms with E-state index >= 15 is 0 Å². The average molecular weight is 411 g/mol. The van der Waals surface area contributed by atoms with Crippen molar-refractivity contribution < 1.29 is 18.7 Å². The number of likely N-dealkylation sites (N-methyl/N-ethyl adjacent to an activating group) is 2. The van der Waals surface area contributed by atoms with Gasteiger partial charge in [0.1, 0.15) is 12.4 Å². The maximum atomic E-state index is 13.3. The number of methoxy groups -OCH3 is 1. The van der Waals surface area contributed by atoms with Gasteiger partial charge in [-0.15, -0.1) is 12.4 Å². The van der Waals surface area contributed by atoms with E-state index in [1.54, 1.807) is 32.2 Å². The van der Waals surface area contributed by atoms with Crippen LogP contribution in [0.3, 0.4) is 0 Å². The Kier molecular flexibility index (Phi) is 9.76. The number of halogens is 2. The normalized spacial score (nSPS) is 10.4. The Bertz CT molecular complexity index is 771. The van der Waals surface area contributed by atoms with Crippen LogP contribution in [-0.4, -0.2) is 57.0 Å². The lowest BCUT2D eigenvalue weighted by Gasteiger charge is -2.19. The number of ether oxygens (including phenoxy) is 2. The summed E-state index contributed by atoms with van der Waals surface area (Å²) < 4.78 is 24.5. The largest absolute Gasteiger partial charge is 0.493 e. The number of nitrogens with zero attached hydrogens (tertiary/aromatic N) is 2. The zero-order valence-corrected chi connectivity index (χ0v) is 17.6. The van der Waals surface area contributed by atoms with Crippen LogP contribution in [0.4, 0.5) is 4.39 Å². The van der Waals surface area contributed by atoms with Gasteiger partial charge in [0.05, 0.1) is 13.7 Å². The summed E-state index contributed by atoms with van der Waals surface area (Å²) in [6.45, 7) is 1.41. The second kappa shape index (κ2) is 11.5. The van der Waals surface area contributed by atoms with E-state index in [2.05, 4.69) is 0 Å². The molecule has 2 rings (SSSR count). The summed E-state index contributed by atoms with van der Waals surface area (Å²) >= 11 is 0. The number of rotatable bonds is 9. The summed E-state index contributed by atoms with van der Waals surface area (Å²) in [6, 6.07) is 12.1. The molecule has 0 aliphatic rings. The first-order valence-electron chi connectivity index (χ1n) is 8.82. The van der Waals surface area contributed by atoms with E-state index in [4.69, 9.17) is 9.47 Å². The Balaban J connectivity index is 0.00000392. The van der Waals surface area contributed by atoms with Crippen LogP contribution in [0.2, 0.25) is 0 Å². The monoisotopic (exact) mass is 410 g/mol. The van der Waals surface area contributed by atoms with Crippen LogP contribution in [0.15, 0.2) is 42.5 Å². The highest BCUT2D eigenvalue weighted by atomic mass is 35.5. The highest BCUT2D eigenvalue weighted by Crippen LogP contribution is 2.29. The molecule has 7 heteroatoms. The average Bonchev–Trinajstić information content (AvgIpc) is 2.64. The van der Waals surface area contributed by atoms with E-state index in [1.165, 1.54) is 12.1 Å². The van der Waals surface area contributed by atoms with Crippen LogP contribution in [0, 0.1) is 5.82 Å². The second-order valence-electron chi connectivity index (χ2n) is 6.68. The predicted molar refractivity (Wildman–Crippen MR) is 111 cm³/mol. The highest BCUT2D eigenvalue weighted by Gasteiger charge is 2.10. The third-order valence-electron chi connectivity index (χ3n) is 4.20. The molecule has 154 valence electrons. The maximum Gasteiger partial charge on any atom is 0.236 e. The molecule has 0 unspecified atom stereocenters. The number of hydrogen-bond acceptors (Lipinski definition) is 4. The lowest BCUT2D eigenvalue weighted by molar-refractivity contribution is -0.129. The summed E-state index contributed by atoms with van der Waals surface area (Å²) in [5.74, 6) is 1.05. The molecular formula is C21H28ClFN2O3. The van der Waals surface area contributed by atoms with Crippen LogP contribution < -0.4 is 9.47 Å². The van der Waals surface area contributed by atoms with E-state index in [-0.39, 0.29) is 30.7 Å². The lowest BCUT2D eigenvalue weighted by Crippen LogP contribution is -2.35. The molecule has 0 radical (unpaired) electrons. The molecular weight excluding hydrogens is 383 g/mol. The van der Waals surface area contributed by atoms with Gasteiger partial charge < -0.3 is 14.4 Å². The van der Waals surface area contributed by atoms with Crippen LogP contribution in [0.5, 0.6) is 11.5 Å². The van der Waals surface area contributed by atoms with Crippen molar-refractivity contribution in [2.24, 2.45) is 0 Å². The molecule has 2 aromatic rings. The van der Waals surface area contributed by atoms with Crippen molar-refractivity contribution in [1.82, 2.24) is 9.80 Å². The first-order chi connectivity index (χ1) is 12.9. The van der Waals surface area contributed by atoms with Gasteiger partial charge in [-0.2, -0.15) is 0 Å². The molecule has 0 fully saturated rings. The zero-order chi connectivity index (χ0) is 19.8. The molecule has 0 N–H and O–H groups in total. The molecule has 2 aromatic carbocycles. The number of amides is 1. The van der Waals surface area contributed by atoms with Gasteiger partial charge >= 0.3 is 0 Å². The summed E-state index contributed by atoms with van der Waals surface area (Å²) in [4.78, 5) is 15.3. The predicted octanol–water partition coefficient (Wildman–Crippen LogP) is 3.40. The van der Waals surface area contributed by atoms with Crippen molar-refractivity contribution in [3.63, 3.8) is 0 Å². The smallest absolute Gasteiger partial charge is 0.236 e. The molecule has 0 heterocycles. The number of benzene rings is 2. The zero-order valence-electron chi connectivity index (χ0n) is 16.8. The van der Waals surface area contributed by atoms with Crippen molar-refractivity contribution >= 4 is 18.3 Å². The summed E-state index contributed by atoms with van der Waals surface area (Å²) in [5, 5.41) is 0. The Morgan fingerprint density at radius 3 is 2.43 bits per heavy atom. The molecule has 0 bridgehead atoms. The van der Waals surface area contributed by atoms with Crippen LogP contribution >= 0.6 is 12.4 Å². The molecule has 0 saturated carbocycles. The molecule has 1 amide bonds. The van der Waals surface area contributed by atoms with E-state index in [0.717, 1.165) is 24.1 Å². The van der Waals surface area contributed by atoms with E-state index in [1.807, 2.05) is 36.2 Å². The van der Waals surface area contributed by atoms with Gasteiger partial charge in [-0.25, -0.2) is 4.39 Å². The standard InChI is InChI=1S/C21H27FN2O3.ClH/c1-23(2)21(25)14-24(3)11-10-16-8-9-19(20(13-16)26-4)27-15-17-6-5-7-18(22)12-17;/h5-9,12-13H,10-11,14-15H2,1-4H3;1H. The van der Waals surface area contributed by atoms with Gasteiger partial charge in [0, 0.05) is 20.6 Å². The number of carbonyl (C=O) groups is 1. The van der Waals surface area contributed by atoms with Crippen molar-refractivity contribution in [3.8, 4) is 11.5 Å². The summed E-state index contributed by atoms with van der Waals surface area (Å²) in [7, 11) is 7.03. The molecule has 0 aliphatic heterocycles. The van der Waals surface area contributed by atoms with Gasteiger partial charge in [-0.1, -0.05) is 18.2 Å². The summed E-state index contributed by atoms with van der Waals surface area (Å²) in [6.07, 6.45) is 0.789. The molecule has 0 spiro atoms. The minimum absolute atomic E-state index is 0. The molecule has 0 aliphatic carbocycles. The van der Waals surface area contributed by atoms with Crippen LogP contribution in [0.25, 0.3) is 0 Å². The Hall–Kier alpha value is -2.31. The van der Waals surface area contributed by atoms with Gasteiger partial charge in [-0.3, -0.25) is 9.69 Å². The van der Waals surface area contributed by atoms with Crippen LogP contribution in [0.1, 0.15) is 11.1 Å². The van der Waals surface area contributed by atoms with Gasteiger partial charge in [0.15, 0.2) is 11.5 Å². The molecule has 0 saturated heterocycles. The van der Waals surface area contributed by atoms with Gasteiger partial charge in [0.2, 0.25) is 5.91 Å². The third kappa shape index (κ3) is 7.37. The molecule has 0 aromatic heterocycles. The Morgan fingerprint density at radius 2 is 1.79 bits per heavy atom. The second-order valence-corrected chi connectivity index (χ2v) is 6.68. The fraction of sp³-hybridized carbons (Fsp3) is 0.381. The third-order valence-corrected chi connectivity index (χ3v) is 4.20. The quantitative estimate of drug-likeness (QED) is 0.635. The van der Waals surface area contributed by atoms with Crippen molar-refractivity contribution in [2.75, 3.05) is 41.3 Å². The van der Waals surface area contributed by atoms with E-state index in [9.17, 15) is 9.18 Å². The topological polar surface area (TPSA) is 42.0 Å². The highest BCUT2D eigenvalue weighted by molar-refractivity contribution is 5.85. The SMILES string of the molecule is COc1cc(CCN(C)CC(=O)N(C)C)ccc1OCc1cccc(F)c1.Cl. The number of carbonyl (C=O) groups excluding carboxylic acids is 1. The van der Waals surface area contributed by atoms with E-state index < -0.39 is 0 Å². The molecule has 28 heavy (non-hydrogen) atoms. The fourth-order valence-corrected chi connectivity index (χ4v) is 2.55. The minimum atomic E-state index is -0.282.